The van der Waals surface area contributed by atoms with E-state index in [1.165, 1.54) is 7.11 Å². The van der Waals surface area contributed by atoms with E-state index in [4.69, 9.17) is 21.1 Å². The maximum Gasteiger partial charge on any atom is 0.250 e. The number of nitrogens with one attached hydrogen (secondary N) is 3. The van der Waals surface area contributed by atoms with Crippen molar-refractivity contribution in [3.05, 3.63) is 46.5 Å². The van der Waals surface area contributed by atoms with Crippen molar-refractivity contribution >= 4 is 34.8 Å². The van der Waals surface area contributed by atoms with Crippen molar-refractivity contribution in [2.75, 3.05) is 24.9 Å². The van der Waals surface area contributed by atoms with Gasteiger partial charge in [-0.15, -0.1) is 0 Å². The third-order valence-corrected chi connectivity index (χ3v) is 6.11. The van der Waals surface area contributed by atoms with Gasteiger partial charge in [0, 0.05) is 28.4 Å². The van der Waals surface area contributed by atoms with E-state index in [0.29, 0.717) is 39.9 Å². The SMILES string of the molecule is COc1ccc(OC)c(NC(=O)[C@@H]2C[C@H](C)N[C@]23C(=O)Nc2c(C)cc(Cl)cc23)c1. The zero-order valence-corrected chi connectivity index (χ0v) is 18.0. The lowest BCUT2D eigenvalue weighted by Gasteiger charge is -2.29. The topological polar surface area (TPSA) is 88.7 Å². The number of amides is 2. The molecule has 1 spiro atoms. The number of carbonyl (C=O) groups is 2. The Hall–Kier alpha value is -2.77. The zero-order valence-electron chi connectivity index (χ0n) is 17.3. The number of ether oxygens (including phenoxy) is 2. The van der Waals surface area contributed by atoms with Crippen molar-refractivity contribution in [2.45, 2.75) is 31.8 Å². The average Bonchev–Trinajstić information content (AvgIpc) is 3.20. The number of hydrogen-bond donors (Lipinski definition) is 3. The van der Waals surface area contributed by atoms with Gasteiger partial charge in [-0.2, -0.15) is 0 Å². The Labute approximate surface area is 180 Å². The Morgan fingerprint density at radius 1 is 1.23 bits per heavy atom. The average molecular weight is 430 g/mol. The van der Waals surface area contributed by atoms with Crippen LogP contribution in [-0.2, 0) is 15.1 Å². The minimum absolute atomic E-state index is 0.0380. The summed E-state index contributed by atoms with van der Waals surface area (Å²) in [6.07, 6.45) is 0.497. The van der Waals surface area contributed by atoms with Crippen LogP contribution in [-0.4, -0.2) is 32.1 Å². The molecule has 158 valence electrons. The van der Waals surface area contributed by atoms with Gasteiger partial charge < -0.3 is 20.1 Å². The van der Waals surface area contributed by atoms with Crippen molar-refractivity contribution in [3.63, 3.8) is 0 Å². The van der Waals surface area contributed by atoms with Crippen LogP contribution in [0.3, 0.4) is 0 Å². The van der Waals surface area contributed by atoms with Crippen LogP contribution >= 0.6 is 11.6 Å². The number of carbonyl (C=O) groups excluding carboxylic acids is 2. The molecule has 2 amide bonds. The van der Waals surface area contributed by atoms with Crippen molar-refractivity contribution in [1.29, 1.82) is 0 Å². The number of aryl methyl sites for hydroxylation is 1. The number of benzene rings is 2. The molecule has 7 nitrogen and oxygen atoms in total. The fourth-order valence-corrected chi connectivity index (χ4v) is 4.83. The highest BCUT2D eigenvalue weighted by Crippen LogP contribution is 2.49. The molecule has 2 aromatic carbocycles. The van der Waals surface area contributed by atoms with Gasteiger partial charge in [0.1, 0.15) is 17.0 Å². The molecule has 0 radical (unpaired) electrons. The predicted octanol–water partition coefficient (Wildman–Crippen LogP) is 3.45. The maximum atomic E-state index is 13.5. The van der Waals surface area contributed by atoms with E-state index in [-0.39, 0.29) is 17.9 Å². The molecule has 2 heterocycles. The summed E-state index contributed by atoms with van der Waals surface area (Å²) in [5.74, 6) is -0.0658. The van der Waals surface area contributed by atoms with Gasteiger partial charge in [-0.05, 0) is 50.1 Å². The molecule has 30 heavy (non-hydrogen) atoms. The number of anilines is 2. The van der Waals surface area contributed by atoms with Gasteiger partial charge in [0.05, 0.1) is 25.8 Å². The number of hydrogen-bond acceptors (Lipinski definition) is 5. The molecule has 2 aromatic rings. The molecular weight excluding hydrogens is 406 g/mol. The second-order valence-electron chi connectivity index (χ2n) is 7.80. The first kappa shape index (κ1) is 20.5. The van der Waals surface area contributed by atoms with Crippen molar-refractivity contribution in [3.8, 4) is 11.5 Å². The van der Waals surface area contributed by atoms with Crippen LogP contribution in [0.2, 0.25) is 5.02 Å². The van der Waals surface area contributed by atoms with Gasteiger partial charge in [-0.3, -0.25) is 14.9 Å². The summed E-state index contributed by atoms with van der Waals surface area (Å²) in [5.41, 5.74) is 1.58. The Balaban J connectivity index is 1.75. The van der Waals surface area contributed by atoms with Crippen LogP contribution in [0.25, 0.3) is 0 Å². The van der Waals surface area contributed by atoms with Gasteiger partial charge in [0.15, 0.2) is 0 Å². The molecule has 0 aliphatic carbocycles. The molecule has 1 saturated heterocycles. The summed E-state index contributed by atoms with van der Waals surface area (Å²) in [6, 6.07) is 8.69. The maximum absolute atomic E-state index is 13.5. The van der Waals surface area contributed by atoms with Gasteiger partial charge in [0.25, 0.3) is 0 Å². The lowest BCUT2D eigenvalue weighted by atomic mass is 9.79. The number of fused-ring (bicyclic) bond motifs is 2. The second kappa shape index (κ2) is 7.49. The fourth-order valence-electron chi connectivity index (χ4n) is 4.56. The minimum Gasteiger partial charge on any atom is -0.497 e. The first-order valence-corrected chi connectivity index (χ1v) is 10.1. The molecule has 3 atom stereocenters. The van der Waals surface area contributed by atoms with Gasteiger partial charge in [-0.25, -0.2) is 0 Å². The first-order valence-electron chi connectivity index (χ1n) is 9.72. The molecule has 2 aliphatic heterocycles. The smallest absolute Gasteiger partial charge is 0.250 e. The van der Waals surface area contributed by atoms with Crippen LogP contribution in [0.15, 0.2) is 30.3 Å². The van der Waals surface area contributed by atoms with E-state index >= 15 is 0 Å². The van der Waals surface area contributed by atoms with Crippen LogP contribution in [0, 0.1) is 12.8 Å². The highest BCUT2D eigenvalue weighted by molar-refractivity contribution is 6.31. The first-order chi connectivity index (χ1) is 14.3. The van der Waals surface area contributed by atoms with E-state index in [1.807, 2.05) is 13.8 Å². The molecular formula is C22H24ClN3O4. The summed E-state index contributed by atoms with van der Waals surface area (Å²) in [4.78, 5) is 26.7. The van der Waals surface area contributed by atoms with Crippen LogP contribution in [0.1, 0.15) is 24.5 Å². The normalized spacial score (nSPS) is 24.5. The quantitative estimate of drug-likeness (QED) is 0.692. The lowest BCUT2D eigenvalue weighted by Crippen LogP contribution is -2.52. The van der Waals surface area contributed by atoms with Crippen LogP contribution in [0.4, 0.5) is 11.4 Å². The second-order valence-corrected chi connectivity index (χ2v) is 8.23. The summed E-state index contributed by atoms with van der Waals surface area (Å²) in [6.45, 7) is 3.85. The summed E-state index contributed by atoms with van der Waals surface area (Å²) < 4.78 is 10.6. The van der Waals surface area contributed by atoms with Crippen molar-refractivity contribution in [1.82, 2.24) is 5.32 Å². The van der Waals surface area contributed by atoms with Crippen molar-refractivity contribution in [2.24, 2.45) is 5.92 Å². The molecule has 0 saturated carbocycles. The summed E-state index contributed by atoms with van der Waals surface area (Å²) >= 11 is 6.31. The molecule has 8 heteroatoms. The van der Waals surface area contributed by atoms with Crippen molar-refractivity contribution < 1.29 is 19.1 Å². The Kier molecular flexibility index (Phi) is 5.11. The van der Waals surface area contributed by atoms with E-state index in [1.54, 1.807) is 37.4 Å². The number of halogens is 1. The fraction of sp³-hybridized carbons (Fsp3) is 0.364. The van der Waals surface area contributed by atoms with E-state index in [0.717, 1.165) is 5.56 Å². The minimum atomic E-state index is -1.18. The van der Waals surface area contributed by atoms with Gasteiger partial charge >= 0.3 is 0 Å². The van der Waals surface area contributed by atoms with Gasteiger partial charge in [0.2, 0.25) is 11.8 Å². The zero-order chi connectivity index (χ0) is 21.6. The van der Waals surface area contributed by atoms with E-state index < -0.39 is 11.5 Å². The highest BCUT2D eigenvalue weighted by atomic mass is 35.5. The third-order valence-electron chi connectivity index (χ3n) is 5.89. The molecule has 4 rings (SSSR count). The van der Waals surface area contributed by atoms with E-state index in [9.17, 15) is 9.59 Å². The monoisotopic (exact) mass is 429 g/mol. The summed E-state index contributed by atoms with van der Waals surface area (Å²) in [7, 11) is 3.08. The molecule has 0 aromatic heterocycles. The third kappa shape index (κ3) is 3.09. The molecule has 0 bridgehead atoms. The highest BCUT2D eigenvalue weighted by Gasteiger charge is 2.59. The predicted molar refractivity (Wildman–Crippen MR) is 115 cm³/mol. The Bertz CT molecular complexity index is 1040. The lowest BCUT2D eigenvalue weighted by molar-refractivity contribution is -0.130. The Morgan fingerprint density at radius 2 is 2.00 bits per heavy atom. The standard InChI is InChI=1S/C22H24ClN3O4/c1-11-7-13(23)9-15-19(11)25-21(28)22(15)16(8-12(2)26-22)20(27)24-17-10-14(29-3)5-6-18(17)30-4/h5-7,9-10,12,16,26H,8H2,1-4H3,(H,24,27)(H,25,28)/t12-,16-,22-/m0/s1. The molecule has 3 N–H and O–H groups in total. The largest absolute Gasteiger partial charge is 0.497 e. The van der Waals surface area contributed by atoms with E-state index in [2.05, 4.69) is 16.0 Å². The Morgan fingerprint density at radius 3 is 2.70 bits per heavy atom. The number of rotatable bonds is 4. The van der Waals surface area contributed by atoms with Gasteiger partial charge in [-0.1, -0.05) is 11.6 Å². The molecule has 0 unspecified atom stereocenters. The molecule has 1 fully saturated rings. The summed E-state index contributed by atoms with van der Waals surface area (Å²) in [5, 5.41) is 9.78. The van der Waals surface area contributed by atoms with Crippen LogP contribution < -0.4 is 25.4 Å². The number of methoxy groups -OCH3 is 2. The molecule has 2 aliphatic rings. The van der Waals surface area contributed by atoms with Crippen LogP contribution in [0.5, 0.6) is 11.5 Å².